The maximum atomic E-state index is 10.0. The van der Waals surface area contributed by atoms with Crippen LogP contribution in [0.3, 0.4) is 0 Å². The molecular formula is C12H20N4O. The van der Waals surface area contributed by atoms with Gasteiger partial charge in [0.05, 0.1) is 24.0 Å². The molecule has 0 amide bonds. The van der Waals surface area contributed by atoms with E-state index in [1.54, 1.807) is 0 Å². The summed E-state index contributed by atoms with van der Waals surface area (Å²) in [5.41, 5.74) is 7.80. The first-order valence-corrected chi connectivity index (χ1v) is 6.60. The van der Waals surface area contributed by atoms with Gasteiger partial charge in [0.1, 0.15) is 0 Å². The molecule has 5 nitrogen and oxygen atoms in total. The summed E-state index contributed by atoms with van der Waals surface area (Å²) in [7, 11) is 0. The minimum atomic E-state index is -0.263. The molecular weight excluding hydrogens is 216 g/mol. The van der Waals surface area contributed by atoms with Crippen LogP contribution in [0.2, 0.25) is 0 Å². The average molecular weight is 236 g/mol. The van der Waals surface area contributed by atoms with Crippen molar-refractivity contribution in [3.05, 3.63) is 11.4 Å². The van der Waals surface area contributed by atoms with Gasteiger partial charge >= 0.3 is 0 Å². The summed E-state index contributed by atoms with van der Waals surface area (Å²) < 4.78 is 1.90. The standard InChI is InChI=1S/C12H20N4O/c13-6-10-12(9-2-1-3-9)16(15-14-10)7-11(17)8-4-5-8/h8-9,11,17H,1-7,13H2. The lowest BCUT2D eigenvalue weighted by Gasteiger charge is -2.27. The van der Waals surface area contributed by atoms with E-state index >= 15 is 0 Å². The van der Waals surface area contributed by atoms with Crippen LogP contribution in [0, 0.1) is 5.92 Å². The van der Waals surface area contributed by atoms with Crippen molar-refractivity contribution < 1.29 is 5.11 Å². The van der Waals surface area contributed by atoms with Gasteiger partial charge < -0.3 is 10.8 Å². The Labute approximate surface area is 101 Å². The summed E-state index contributed by atoms with van der Waals surface area (Å²) in [6.45, 7) is 1.04. The van der Waals surface area contributed by atoms with Crippen molar-refractivity contribution in [3.63, 3.8) is 0 Å². The third-order valence-electron chi connectivity index (χ3n) is 4.06. The molecule has 1 atom stereocenters. The average Bonchev–Trinajstić information content (AvgIpc) is 3.03. The predicted molar refractivity (Wildman–Crippen MR) is 63.2 cm³/mol. The Morgan fingerprint density at radius 2 is 2.12 bits per heavy atom. The number of aliphatic hydroxyl groups is 1. The second-order valence-electron chi connectivity index (χ2n) is 5.34. The molecule has 2 aliphatic carbocycles. The third kappa shape index (κ3) is 2.09. The second kappa shape index (κ2) is 4.38. The Morgan fingerprint density at radius 1 is 1.35 bits per heavy atom. The Morgan fingerprint density at radius 3 is 2.65 bits per heavy atom. The molecule has 2 fully saturated rings. The van der Waals surface area contributed by atoms with Crippen LogP contribution in [0.15, 0.2) is 0 Å². The van der Waals surface area contributed by atoms with Gasteiger partial charge in [-0.05, 0) is 31.6 Å². The van der Waals surface area contributed by atoms with E-state index in [0.29, 0.717) is 24.9 Å². The van der Waals surface area contributed by atoms with Crippen molar-refractivity contribution in [2.24, 2.45) is 11.7 Å². The van der Waals surface area contributed by atoms with Crippen molar-refractivity contribution >= 4 is 0 Å². The zero-order valence-electron chi connectivity index (χ0n) is 10.0. The summed E-state index contributed by atoms with van der Waals surface area (Å²) in [6, 6.07) is 0. The smallest absolute Gasteiger partial charge is 0.0997 e. The van der Waals surface area contributed by atoms with Gasteiger partial charge in [0.25, 0.3) is 0 Å². The van der Waals surface area contributed by atoms with Gasteiger partial charge in [-0.1, -0.05) is 11.6 Å². The van der Waals surface area contributed by atoms with Gasteiger partial charge in [-0.3, -0.25) is 0 Å². The SMILES string of the molecule is NCc1nnn(CC(O)C2CC2)c1C1CCC1. The fourth-order valence-corrected chi connectivity index (χ4v) is 2.57. The Balaban J connectivity index is 1.79. The van der Waals surface area contributed by atoms with Crippen LogP contribution in [-0.4, -0.2) is 26.2 Å². The van der Waals surface area contributed by atoms with Crippen molar-refractivity contribution in [2.45, 2.75) is 57.2 Å². The van der Waals surface area contributed by atoms with E-state index in [-0.39, 0.29) is 6.10 Å². The van der Waals surface area contributed by atoms with Gasteiger partial charge in [0.2, 0.25) is 0 Å². The Hall–Kier alpha value is -0.940. The Bertz CT molecular complexity index is 395. The topological polar surface area (TPSA) is 77.0 Å². The quantitative estimate of drug-likeness (QED) is 0.792. The molecule has 94 valence electrons. The molecule has 0 aromatic carbocycles. The molecule has 2 aliphatic rings. The molecule has 1 aromatic rings. The molecule has 0 radical (unpaired) electrons. The van der Waals surface area contributed by atoms with Crippen molar-refractivity contribution in [1.29, 1.82) is 0 Å². The van der Waals surface area contributed by atoms with Crippen LogP contribution < -0.4 is 5.73 Å². The number of hydrogen-bond acceptors (Lipinski definition) is 4. The van der Waals surface area contributed by atoms with E-state index in [1.165, 1.54) is 25.0 Å². The first kappa shape index (κ1) is 11.2. The molecule has 3 rings (SSSR count). The van der Waals surface area contributed by atoms with E-state index in [4.69, 9.17) is 5.73 Å². The lowest BCUT2D eigenvalue weighted by molar-refractivity contribution is 0.124. The predicted octanol–water partition coefficient (Wildman–Crippen LogP) is 0.775. The highest BCUT2D eigenvalue weighted by molar-refractivity contribution is 5.18. The maximum Gasteiger partial charge on any atom is 0.0997 e. The van der Waals surface area contributed by atoms with Crippen molar-refractivity contribution in [1.82, 2.24) is 15.0 Å². The highest BCUT2D eigenvalue weighted by Crippen LogP contribution is 2.38. The molecule has 1 aromatic heterocycles. The number of rotatable bonds is 5. The van der Waals surface area contributed by atoms with Crippen LogP contribution in [0.25, 0.3) is 0 Å². The molecule has 1 heterocycles. The largest absolute Gasteiger partial charge is 0.391 e. The molecule has 2 saturated carbocycles. The van der Waals surface area contributed by atoms with Crippen LogP contribution in [0.4, 0.5) is 0 Å². The summed E-state index contributed by atoms with van der Waals surface area (Å²) in [6.07, 6.45) is 5.74. The summed E-state index contributed by atoms with van der Waals surface area (Å²) in [5, 5.41) is 18.3. The highest BCUT2D eigenvalue weighted by Gasteiger charge is 2.32. The molecule has 17 heavy (non-hydrogen) atoms. The number of nitrogens with zero attached hydrogens (tertiary/aromatic N) is 3. The van der Waals surface area contributed by atoms with Crippen LogP contribution in [-0.2, 0) is 13.1 Å². The minimum absolute atomic E-state index is 0.263. The van der Waals surface area contributed by atoms with Crippen molar-refractivity contribution in [3.8, 4) is 0 Å². The first-order valence-electron chi connectivity index (χ1n) is 6.60. The van der Waals surface area contributed by atoms with E-state index in [1.807, 2.05) is 4.68 Å². The Kier molecular flexibility index (Phi) is 2.88. The molecule has 0 aliphatic heterocycles. The van der Waals surface area contributed by atoms with Crippen LogP contribution >= 0.6 is 0 Å². The number of aliphatic hydroxyl groups excluding tert-OH is 1. The normalized spacial score (nSPS) is 22.5. The molecule has 3 N–H and O–H groups in total. The van der Waals surface area contributed by atoms with Gasteiger partial charge in [-0.15, -0.1) is 5.10 Å². The first-order chi connectivity index (χ1) is 8.29. The molecule has 0 saturated heterocycles. The van der Waals surface area contributed by atoms with E-state index in [9.17, 15) is 5.11 Å². The fourth-order valence-electron chi connectivity index (χ4n) is 2.57. The summed E-state index contributed by atoms with van der Waals surface area (Å²) >= 11 is 0. The van der Waals surface area contributed by atoms with Gasteiger partial charge in [-0.2, -0.15) is 0 Å². The molecule has 5 heteroatoms. The fraction of sp³-hybridized carbons (Fsp3) is 0.833. The summed E-state index contributed by atoms with van der Waals surface area (Å²) in [5.74, 6) is 1.05. The number of hydrogen-bond donors (Lipinski definition) is 2. The second-order valence-corrected chi connectivity index (χ2v) is 5.34. The van der Waals surface area contributed by atoms with Crippen LogP contribution in [0.1, 0.15) is 49.4 Å². The molecule has 0 spiro atoms. The van der Waals surface area contributed by atoms with Crippen molar-refractivity contribution in [2.75, 3.05) is 0 Å². The number of aromatic nitrogens is 3. The highest BCUT2D eigenvalue weighted by atomic mass is 16.3. The van der Waals surface area contributed by atoms with E-state index in [2.05, 4.69) is 10.3 Å². The zero-order valence-corrected chi connectivity index (χ0v) is 10.0. The van der Waals surface area contributed by atoms with Gasteiger partial charge in [-0.25, -0.2) is 4.68 Å². The van der Waals surface area contributed by atoms with Crippen LogP contribution in [0.5, 0.6) is 0 Å². The number of nitrogens with two attached hydrogens (primary N) is 1. The molecule has 0 bridgehead atoms. The summed E-state index contributed by atoms with van der Waals surface area (Å²) in [4.78, 5) is 0. The lowest BCUT2D eigenvalue weighted by atomic mass is 9.82. The third-order valence-corrected chi connectivity index (χ3v) is 4.06. The monoisotopic (exact) mass is 236 g/mol. The molecule has 1 unspecified atom stereocenters. The van der Waals surface area contributed by atoms with E-state index in [0.717, 1.165) is 18.5 Å². The van der Waals surface area contributed by atoms with Gasteiger partial charge in [0.15, 0.2) is 0 Å². The lowest BCUT2D eigenvalue weighted by Crippen LogP contribution is -2.24. The van der Waals surface area contributed by atoms with Gasteiger partial charge in [0, 0.05) is 12.5 Å². The zero-order chi connectivity index (χ0) is 11.8. The minimum Gasteiger partial charge on any atom is -0.391 e. The van der Waals surface area contributed by atoms with E-state index < -0.39 is 0 Å². The maximum absolute atomic E-state index is 10.0.